The van der Waals surface area contributed by atoms with Crippen LogP contribution in [0.5, 0.6) is 0 Å². The highest BCUT2D eigenvalue weighted by Crippen LogP contribution is 2.26. The van der Waals surface area contributed by atoms with Crippen LogP contribution >= 0.6 is 11.8 Å². The summed E-state index contributed by atoms with van der Waals surface area (Å²) in [5.74, 6) is 0. The number of hydrogen-bond acceptors (Lipinski definition) is 4. The number of rotatable bonds is 6. The molecule has 4 heteroatoms. The maximum Gasteiger partial charge on any atom is 0.192 e. The maximum atomic E-state index is 4.32. The fourth-order valence-electron chi connectivity index (χ4n) is 2.05. The van der Waals surface area contributed by atoms with Crippen LogP contribution in [0.1, 0.15) is 37.4 Å². The lowest BCUT2D eigenvalue weighted by atomic mass is 10.1. The first-order valence-electron chi connectivity index (χ1n) is 7.02. The van der Waals surface area contributed by atoms with Gasteiger partial charge >= 0.3 is 0 Å². The van der Waals surface area contributed by atoms with Crippen LogP contribution in [0.25, 0.3) is 0 Å². The quantitative estimate of drug-likeness (QED) is 0.815. The van der Waals surface area contributed by atoms with E-state index in [0.29, 0.717) is 6.04 Å². The Morgan fingerprint density at radius 2 is 1.75 bits per heavy atom. The summed E-state index contributed by atoms with van der Waals surface area (Å²) in [6.07, 6.45) is 4.80. The molecule has 0 saturated heterocycles. The van der Waals surface area contributed by atoms with Crippen molar-refractivity contribution in [3.63, 3.8) is 0 Å². The number of nitrogens with zero attached hydrogens (tertiary/aromatic N) is 2. The molecular weight excluding hydrogens is 266 g/mol. The summed E-state index contributed by atoms with van der Waals surface area (Å²) in [7, 11) is 0. The molecular formula is C16H21N3S. The Kier molecular flexibility index (Phi) is 5.56. The molecule has 0 spiro atoms. The number of aryl methyl sites for hydroxylation is 1. The van der Waals surface area contributed by atoms with Crippen LogP contribution in [0.2, 0.25) is 0 Å². The second-order valence-corrected chi connectivity index (χ2v) is 5.77. The molecule has 0 aliphatic carbocycles. The van der Waals surface area contributed by atoms with Gasteiger partial charge in [0.2, 0.25) is 0 Å². The van der Waals surface area contributed by atoms with Gasteiger partial charge in [0.25, 0.3) is 0 Å². The van der Waals surface area contributed by atoms with Crippen molar-refractivity contribution in [3.8, 4) is 0 Å². The molecule has 1 unspecified atom stereocenters. The van der Waals surface area contributed by atoms with Crippen molar-refractivity contribution < 1.29 is 0 Å². The van der Waals surface area contributed by atoms with Gasteiger partial charge in [0.05, 0.1) is 0 Å². The molecule has 0 saturated carbocycles. The van der Waals surface area contributed by atoms with E-state index in [9.17, 15) is 0 Å². The first-order chi connectivity index (χ1) is 9.72. The maximum absolute atomic E-state index is 4.32. The average molecular weight is 287 g/mol. The molecule has 3 nitrogen and oxygen atoms in total. The molecule has 0 aliphatic heterocycles. The highest BCUT2D eigenvalue weighted by Gasteiger charge is 2.07. The third kappa shape index (κ3) is 4.05. The second-order valence-electron chi connectivity index (χ2n) is 4.73. The number of aromatic nitrogens is 2. The highest BCUT2D eigenvalue weighted by molar-refractivity contribution is 7.99. The fourth-order valence-corrected chi connectivity index (χ4v) is 2.75. The lowest BCUT2D eigenvalue weighted by Gasteiger charge is -2.16. The van der Waals surface area contributed by atoms with E-state index in [-0.39, 0.29) is 0 Å². The van der Waals surface area contributed by atoms with Gasteiger partial charge in [-0.25, -0.2) is 9.97 Å². The first-order valence-corrected chi connectivity index (χ1v) is 7.84. The van der Waals surface area contributed by atoms with Crippen molar-refractivity contribution in [2.24, 2.45) is 0 Å². The van der Waals surface area contributed by atoms with Crippen LogP contribution in [0.4, 0.5) is 0 Å². The molecule has 0 radical (unpaired) electrons. The molecule has 1 aromatic heterocycles. The standard InChI is InChI=1S/C16H21N3S/c1-4-15(17-5-2)13-6-8-14(9-7-13)20-16-18-10-12(3)11-19-16/h6-11,15,17H,4-5H2,1-3H3. The highest BCUT2D eigenvalue weighted by atomic mass is 32.2. The minimum atomic E-state index is 0.440. The van der Waals surface area contributed by atoms with Gasteiger partial charge in [-0.2, -0.15) is 0 Å². The first kappa shape index (κ1) is 15.0. The zero-order valence-corrected chi connectivity index (χ0v) is 13.1. The molecule has 1 aromatic carbocycles. The minimum Gasteiger partial charge on any atom is -0.310 e. The van der Waals surface area contributed by atoms with Crippen molar-refractivity contribution >= 4 is 11.8 Å². The summed E-state index contributed by atoms with van der Waals surface area (Å²) >= 11 is 1.60. The molecule has 106 valence electrons. The summed E-state index contributed by atoms with van der Waals surface area (Å²) in [4.78, 5) is 9.80. The lowest BCUT2D eigenvalue weighted by Crippen LogP contribution is -2.19. The van der Waals surface area contributed by atoms with Crippen LogP contribution in [0, 0.1) is 6.92 Å². The molecule has 1 N–H and O–H groups in total. The Labute approximate surface area is 125 Å². The van der Waals surface area contributed by atoms with Crippen LogP contribution in [0.15, 0.2) is 46.7 Å². The van der Waals surface area contributed by atoms with Crippen LogP contribution in [0.3, 0.4) is 0 Å². The van der Waals surface area contributed by atoms with E-state index in [1.54, 1.807) is 11.8 Å². The van der Waals surface area contributed by atoms with Crippen LogP contribution < -0.4 is 5.32 Å². The SMILES string of the molecule is CCNC(CC)c1ccc(Sc2ncc(C)cn2)cc1. The summed E-state index contributed by atoms with van der Waals surface area (Å²) in [5.41, 5.74) is 2.42. The minimum absolute atomic E-state index is 0.440. The van der Waals surface area contributed by atoms with E-state index in [1.165, 1.54) is 10.5 Å². The van der Waals surface area contributed by atoms with Gasteiger partial charge in [-0.1, -0.05) is 26.0 Å². The summed E-state index contributed by atoms with van der Waals surface area (Å²) in [6, 6.07) is 9.10. The molecule has 20 heavy (non-hydrogen) atoms. The van der Waals surface area contributed by atoms with Gasteiger partial charge in [-0.15, -0.1) is 0 Å². The Morgan fingerprint density at radius 1 is 1.10 bits per heavy atom. The van der Waals surface area contributed by atoms with Crippen molar-refractivity contribution in [2.45, 2.75) is 43.3 Å². The van der Waals surface area contributed by atoms with E-state index < -0.39 is 0 Å². The Hall–Kier alpha value is -1.39. The van der Waals surface area contributed by atoms with E-state index in [1.807, 2.05) is 19.3 Å². The normalized spacial score (nSPS) is 12.3. The van der Waals surface area contributed by atoms with Gasteiger partial charge in [-0.3, -0.25) is 0 Å². The zero-order chi connectivity index (χ0) is 14.4. The summed E-state index contributed by atoms with van der Waals surface area (Å²) < 4.78 is 0. The lowest BCUT2D eigenvalue weighted by molar-refractivity contribution is 0.537. The van der Waals surface area contributed by atoms with Crippen molar-refractivity contribution in [2.75, 3.05) is 6.54 Å². The van der Waals surface area contributed by atoms with Gasteiger partial charge < -0.3 is 5.32 Å². The molecule has 2 aromatic rings. The van der Waals surface area contributed by atoms with Gasteiger partial charge in [0.15, 0.2) is 5.16 Å². The molecule has 0 bridgehead atoms. The zero-order valence-electron chi connectivity index (χ0n) is 12.3. The number of nitrogens with one attached hydrogen (secondary N) is 1. The topological polar surface area (TPSA) is 37.8 Å². The monoisotopic (exact) mass is 287 g/mol. The van der Waals surface area contributed by atoms with Crippen molar-refractivity contribution in [3.05, 3.63) is 47.8 Å². The van der Waals surface area contributed by atoms with E-state index >= 15 is 0 Å². The van der Waals surface area contributed by atoms with Crippen LogP contribution in [-0.4, -0.2) is 16.5 Å². The summed E-state index contributed by atoms with van der Waals surface area (Å²) in [5, 5.41) is 4.29. The van der Waals surface area contributed by atoms with Gasteiger partial charge in [0, 0.05) is 23.3 Å². The molecule has 2 rings (SSSR count). The number of hydrogen-bond donors (Lipinski definition) is 1. The smallest absolute Gasteiger partial charge is 0.192 e. The Bertz CT molecular complexity index is 522. The Morgan fingerprint density at radius 3 is 2.30 bits per heavy atom. The fraction of sp³-hybridized carbons (Fsp3) is 0.375. The molecule has 1 heterocycles. The largest absolute Gasteiger partial charge is 0.310 e. The predicted molar refractivity (Wildman–Crippen MR) is 84.0 cm³/mol. The summed E-state index contributed by atoms with van der Waals surface area (Å²) in [6.45, 7) is 7.33. The molecule has 0 aliphatic rings. The second kappa shape index (κ2) is 7.41. The molecule has 0 fully saturated rings. The Balaban J connectivity index is 2.06. The van der Waals surface area contributed by atoms with Gasteiger partial charge in [-0.05, 0) is 54.9 Å². The van der Waals surface area contributed by atoms with Crippen molar-refractivity contribution in [1.82, 2.24) is 15.3 Å². The van der Waals surface area contributed by atoms with Gasteiger partial charge in [0.1, 0.15) is 0 Å². The molecule has 0 amide bonds. The van der Waals surface area contributed by atoms with E-state index in [4.69, 9.17) is 0 Å². The average Bonchev–Trinajstić information content (AvgIpc) is 2.48. The molecule has 1 atom stereocenters. The third-order valence-electron chi connectivity index (χ3n) is 3.11. The van der Waals surface area contributed by atoms with Crippen LogP contribution in [-0.2, 0) is 0 Å². The van der Waals surface area contributed by atoms with Crippen molar-refractivity contribution in [1.29, 1.82) is 0 Å². The number of benzene rings is 1. The van der Waals surface area contributed by atoms with E-state index in [2.05, 4.69) is 53.4 Å². The third-order valence-corrected chi connectivity index (χ3v) is 4.01. The predicted octanol–water partition coefficient (Wildman–Crippen LogP) is 4.00. The van der Waals surface area contributed by atoms with E-state index in [0.717, 1.165) is 23.7 Å².